The predicted molar refractivity (Wildman–Crippen MR) is 147 cm³/mol. The number of pyridine rings is 2. The van der Waals surface area contributed by atoms with Crippen LogP contribution in [0.3, 0.4) is 0 Å². The molecule has 1 unspecified atom stereocenters. The molecule has 2 fully saturated rings. The van der Waals surface area contributed by atoms with Crippen LogP contribution < -0.4 is 4.90 Å². The Hall–Kier alpha value is -3.01. The molecule has 2 bridgehead atoms. The van der Waals surface area contributed by atoms with Gasteiger partial charge < -0.3 is 15.0 Å². The molecule has 0 amide bonds. The van der Waals surface area contributed by atoms with E-state index in [1.165, 1.54) is 17.5 Å². The summed E-state index contributed by atoms with van der Waals surface area (Å²) >= 11 is 0. The van der Waals surface area contributed by atoms with Crippen molar-refractivity contribution in [3.8, 4) is 11.3 Å². The number of piperazine rings is 1. The number of H-pyrrole nitrogens is 1. The standard InChI is InChI=1S/C28H38N8O/c1-16(2)25-26(21-14-36-28(29-15-30-36)18(4)17(21)3)31-22-7-8-23(32-27(22)25)35-13-19-11-20(35)12-34(19)10-9-24(37)33(5)6/h7-8,14-16,19-20,24,31,37H,9-13H2,1-6H3/t19-,20-,24?/m1/s1. The predicted octanol–water partition coefficient (Wildman–Crippen LogP) is 3.55. The highest BCUT2D eigenvalue weighted by Gasteiger charge is 2.43. The molecule has 0 radical (unpaired) electrons. The van der Waals surface area contributed by atoms with Crippen LogP contribution in [0.15, 0.2) is 24.7 Å². The van der Waals surface area contributed by atoms with Gasteiger partial charge >= 0.3 is 0 Å². The Labute approximate surface area is 218 Å². The molecule has 0 saturated carbocycles. The lowest BCUT2D eigenvalue weighted by Gasteiger charge is -2.35. The van der Waals surface area contributed by atoms with Gasteiger partial charge in [0.2, 0.25) is 0 Å². The molecule has 196 valence electrons. The topological polar surface area (TPSA) is 88.8 Å². The summed E-state index contributed by atoms with van der Waals surface area (Å²) in [6.07, 6.45) is 5.27. The van der Waals surface area contributed by atoms with Gasteiger partial charge in [0.05, 0.1) is 16.7 Å². The molecule has 2 aliphatic heterocycles. The van der Waals surface area contributed by atoms with E-state index in [1.54, 1.807) is 6.33 Å². The van der Waals surface area contributed by atoms with E-state index in [0.29, 0.717) is 18.0 Å². The Morgan fingerprint density at radius 1 is 1.14 bits per heavy atom. The van der Waals surface area contributed by atoms with E-state index in [9.17, 15) is 5.11 Å². The van der Waals surface area contributed by atoms with E-state index < -0.39 is 0 Å². The number of aromatic nitrogens is 5. The highest BCUT2D eigenvalue weighted by molar-refractivity contribution is 5.90. The quantitative estimate of drug-likeness (QED) is 0.374. The van der Waals surface area contributed by atoms with E-state index in [-0.39, 0.29) is 6.23 Å². The zero-order valence-electron chi connectivity index (χ0n) is 22.7. The van der Waals surface area contributed by atoms with Crippen LogP contribution in [0, 0.1) is 13.8 Å². The zero-order valence-corrected chi connectivity index (χ0v) is 22.7. The van der Waals surface area contributed by atoms with Crippen LogP contribution in [-0.2, 0) is 0 Å². The molecular weight excluding hydrogens is 464 g/mol. The fourth-order valence-electron chi connectivity index (χ4n) is 6.31. The van der Waals surface area contributed by atoms with E-state index in [1.807, 2.05) is 23.5 Å². The van der Waals surface area contributed by atoms with Crippen LogP contribution in [0.25, 0.3) is 27.9 Å². The van der Waals surface area contributed by atoms with Gasteiger partial charge in [-0.15, -0.1) is 0 Å². The number of aryl methyl sites for hydroxylation is 1. The smallest absolute Gasteiger partial charge is 0.158 e. The monoisotopic (exact) mass is 502 g/mol. The Bertz CT molecular complexity index is 1450. The highest BCUT2D eigenvalue weighted by atomic mass is 16.3. The number of rotatable bonds is 7. The van der Waals surface area contributed by atoms with Crippen LogP contribution in [0.1, 0.15) is 49.3 Å². The average Bonchev–Trinajstić information content (AvgIpc) is 3.65. The number of aliphatic hydroxyl groups is 1. The average molecular weight is 503 g/mol. The maximum absolute atomic E-state index is 10.2. The van der Waals surface area contributed by atoms with Crippen molar-refractivity contribution >= 4 is 22.5 Å². The molecule has 6 heterocycles. The molecule has 0 aromatic carbocycles. The van der Waals surface area contributed by atoms with Crippen LogP contribution in [-0.4, -0.2) is 91.5 Å². The molecular formula is C28H38N8O. The second kappa shape index (κ2) is 9.08. The van der Waals surface area contributed by atoms with E-state index in [0.717, 1.165) is 65.4 Å². The minimum Gasteiger partial charge on any atom is -0.378 e. The Kier molecular flexibility index (Phi) is 5.97. The second-order valence-corrected chi connectivity index (χ2v) is 11.4. The minimum atomic E-state index is -0.380. The van der Waals surface area contributed by atoms with Crippen LogP contribution in [0.4, 0.5) is 5.82 Å². The summed E-state index contributed by atoms with van der Waals surface area (Å²) in [5, 5.41) is 14.6. The Morgan fingerprint density at radius 2 is 1.95 bits per heavy atom. The van der Waals surface area contributed by atoms with Gasteiger partial charge in [-0.3, -0.25) is 9.80 Å². The third-order valence-corrected chi connectivity index (χ3v) is 8.56. The summed E-state index contributed by atoms with van der Waals surface area (Å²) in [5.41, 5.74) is 8.92. The Balaban J connectivity index is 1.31. The summed E-state index contributed by atoms with van der Waals surface area (Å²) in [7, 11) is 3.86. The number of anilines is 1. The molecule has 2 N–H and O–H groups in total. The molecule has 37 heavy (non-hydrogen) atoms. The third-order valence-electron chi connectivity index (χ3n) is 8.56. The molecule has 6 rings (SSSR count). The molecule has 3 atom stereocenters. The number of aromatic amines is 1. The molecule has 9 nitrogen and oxygen atoms in total. The van der Waals surface area contributed by atoms with Crippen molar-refractivity contribution in [2.75, 3.05) is 38.6 Å². The van der Waals surface area contributed by atoms with Crippen LogP contribution in [0.5, 0.6) is 0 Å². The summed E-state index contributed by atoms with van der Waals surface area (Å²) in [4.78, 5) is 20.3. The summed E-state index contributed by atoms with van der Waals surface area (Å²) in [6, 6.07) is 5.38. The SMILES string of the molecule is Cc1c(-c2[nH]c3ccc(N4C[C@H]5C[C@@H]4CN5CCC(O)N(C)C)nc3c2C(C)C)cn2ncnc2c1C. The molecule has 9 heteroatoms. The fraction of sp³-hybridized carbons (Fsp3) is 0.536. The van der Waals surface area contributed by atoms with Gasteiger partial charge in [-0.2, -0.15) is 5.10 Å². The first-order valence-electron chi connectivity index (χ1n) is 13.4. The third kappa shape index (κ3) is 4.00. The lowest BCUT2D eigenvalue weighted by atomic mass is 9.95. The van der Waals surface area contributed by atoms with Gasteiger partial charge in [0.1, 0.15) is 18.4 Å². The van der Waals surface area contributed by atoms with E-state index in [4.69, 9.17) is 4.98 Å². The van der Waals surface area contributed by atoms with E-state index in [2.05, 4.69) is 70.9 Å². The van der Waals surface area contributed by atoms with Gasteiger partial charge in [0, 0.05) is 49.0 Å². The highest BCUT2D eigenvalue weighted by Crippen LogP contribution is 2.39. The number of hydrogen-bond donors (Lipinski definition) is 2. The number of hydrogen-bond acceptors (Lipinski definition) is 7. The number of likely N-dealkylation sites (tertiary alicyclic amines) is 1. The van der Waals surface area contributed by atoms with Gasteiger partial charge in [0.25, 0.3) is 0 Å². The molecule has 4 aromatic rings. The maximum Gasteiger partial charge on any atom is 0.158 e. The molecule has 0 spiro atoms. The summed E-state index contributed by atoms with van der Waals surface area (Å²) in [5.74, 6) is 1.38. The first-order valence-corrected chi connectivity index (χ1v) is 13.4. The van der Waals surface area contributed by atoms with Gasteiger partial charge in [-0.05, 0) is 70.0 Å². The Morgan fingerprint density at radius 3 is 2.65 bits per heavy atom. The number of aliphatic hydroxyl groups excluding tert-OH is 1. The number of nitrogens with zero attached hydrogens (tertiary/aromatic N) is 7. The van der Waals surface area contributed by atoms with Crippen molar-refractivity contribution in [3.05, 3.63) is 41.3 Å². The number of fused-ring (bicyclic) bond motifs is 4. The van der Waals surface area contributed by atoms with Crippen molar-refractivity contribution in [3.63, 3.8) is 0 Å². The van der Waals surface area contributed by atoms with Crippen molar-refractivity contribution < 1.29 is 5.11 Å². The van der Waals surface area contributed by atoms with Crippen molar-refractivity contribution in [1.29, 1.82) is 0 Å². The lowest BCUT2D eigenvalue weighted by Crippen LogP contribution is -2.47. The van der Waals surface area contributed by atoms with E-state index >= 15 is 0 Å². The number of nitrogens with one attached hydrogen (secondary N) is 1. The first kappa shape index (κ1) is 24.3. The largest absolute Gasteiger partial charge is 0.378 e. The summed E-state index contributed by atoms with van der Waals surface area (Å²) in [6.45, 7) is 11.7. The van der Waals surface area contributed by atoms with Gasteiger partial charge in [-0.25, -0.2) is 14.5 Å². The molecule has 4 aromatic heterocycles. The molecule has 2 saturated heterocycles. The minimum absolute atomic E-state index is 0.311. The van der Waals surface area contributed by atoms with Crippen LogP contribution >= 0.6 is 0 Å². The molecule has 0 aliphatic carbocycles. The molecule has 2 aliphatic rings. The van der Waals surface area contributed by atoms with Gasteiger partial charge in [0.15, 0.2) is 5.65 Å². The van der Waals surface area contributed by atoms with Crippen molar-refractivity contribution in [1.82, 2.24) is 34.4 Å². The maximum atomic E-state index is 10.2. The van der Waals surface area contributed by atoms with Gasteiger partial charge in [-0.1, -0.05) is 13.8 Å². The van der Waals surface area contributed by atoms with Crippen LogP contribution in [0.2, 0.25) is 0 Å². The van der Waals surface area contributed by atoms with Crippen molar-refractivity contribution in [2.24, 2.45) is 0 Å². The van der Waals surface area contributed by atoms with Crippen molar-refractivity contribution in [2.45, 2.75) is 64.8 Å². The zero-order chi connectivity index (χ0) is 26.0. The lowest BCUT2D eigenvalue weighted by molar-refractivity contribution is 0.0230. The normalized spacial score (nSPS) is 20.9. The second-order valence-electron chi connectivity index (χ2n) is 11.4. The first-order chi connectivity index (χ1) is 17.7. The fourth-order valence-corrected chi connectivity index (χ4v) is 6.31. The summed E-state index contributed by atoms with van der Waals surface area (Å²) < 4.78 is 1.87.